The lowest BCUT2D eigenvalue weighted by Gasteiger charge is -2.07. The van der Waals surface area contributed by atoms with E-state index in [1.807, 2.05) is 25.1 Å². The highest BCUT2D eigenvalue weighted by molar-refractivity contribution is 6.29. The molecule has 0 saturated carbocycles. The Morgan fingerprint density at radius 2 is 2.00 bits per heavy atom. The van der Waals surface area contributed by atoms with Gasteiger partial charge in [-0.25, -0.2) is 4.98 Å². The Kier molecular flexibility index (Phi) is 3.52. The zero-order chi connectivity index (χ0) is 13.9. The Labute approximate surface area is 122 Å². The summed E-state index contributed by atoms with van der Waals surface area (Å²) in [6, 6.07) is 14.1. The van der Waals surface area contributed by atoms with Crippen molar-refractivity contribution in [3.63, 3.8) is 0 Å². The molecular weight excluding hydrogens is 270 g/mol. The summed E-state index contributed by atoms with van der Waals surface area (Å²) in [7, 11) is 0. The SMILES string of the molecule is Cc1ccc2cc(CNc3ccnc(Cl)c3)ccc2n1. The highest BCUT2D eigenvalue weighted by Crippen LogP contribution is 2.17. The molecule has 0 fully saturated rings. The van der Waals surface area contributed by atoms with E-state index >= 15 is 0 Å². The molecule has 2 aromatic heterocycles. The summed E-state index contributed by atoms with van der Waals surface area (Å²) < 4.78 is 0. The van der Waals surface area contributed by atoms with Crippen molar-refractivity contribution in [3.05, 3.63) is 65.1 Å². The fourth-order valence-electron chi connectivity index (χ4n) is 2.10. The number of nitrogens with zero attached hydrogens (tertiary/aromatic N) is 2. The molecule has 0 aliphatic carbocycles. The molecule has 4 heteroatoms. The van der Waals surface area contributed by atoms with Gasteiger partial charge < -0.3 is 5.32 Å². The van der Waals surface area contributed by atoms with Crippen molar-refractivity contribution in [3.8, 4) is 0 Å². The van der Waals surface area contributed by atoms with Crippen molar-refractivity contribution in [2.75, 3.05) is 5.32 Å². The van der Waals surface area contributed by atoms with E-state index in [0.29, 0.717) is 5.15 Å². The smallest absolute Gasteiger partial charge is 0.131 e. The average Bonchev–Trinajstić information content (AvgIpc) is 2.45. The molecule has 0 amide bonds. The zero-order valence-corrected chi connectivity index (χ0v) is 11.9. The van der Waals surface area contributed by atoms with Gasteiger partial charge in [-0.2, -0.15) is 0 Å². The highest BCUT2D eigenvalue weighted by Gasteiger charge is 1.99. The van der Waals surface area contributed by atoms with Crippen LogP contribution in [0.3, 0.4) is 0 Å². The van der Waals surface area contributed by atoms with E-state index < -0.39 is 0 Å². The number of fused-ring (bicyclic) bond motifs is 1. The zero-order valence-electron chi connectivity index (χ0n) is 11.1. The van der Waals surface area contributed by atoms with Crippen LogP contribution in [0.2, 0.25) is 5.15 Å². The number of aryl methyl sites for hydroxylation is 1. The third-order valence-corrected chi connectivity index (χ3v) is 3.32. The number of aromatic nitrogens is 2. The molecule has 3 nitrogen and oxygen atoms in total. The number of hydrogen-bond acceptors (Lipinski definition) is 3. The third-order valence-electron chi connectivity index (χ3n) is 3.12. The van der Waals surface area contributed by atoms with Crippen LogP contribution in [0.15, 0.2) is 48.7 Å². The van der Waals surface area contributed by atoms with Crippen molar-refractivity contribution in [2.24, 2.45) is 0 Å². The molecule has 0 atom stereocenters. The molecule has 0 bridgehead atoms. The quantitative estimate of drug-likeness (QED) is 0.732. The third kappa shape index (κ3) is 2.89. The first-order valence-corrected chi connectivity index (χ1v) is 6.80. The lowest BCUT2D eigenvalue weighted by atomic mass is 10.1. The van der Waals surface area contributed by atoms with Gasteiger partial charge >= 0.3 is 0 Å². The summed E-state index contributed by atoms with van der Waals surface area (Å²) in [5.41, 5.74) is 4.23. The standard InChI is InChI=1S/C16H14ClN3/c1-11-2-4-13-8-12(3-5-15(13)20-11)10-19-14-6-7-18-16(17)9-14/h2-9H,10H2,1H3,(H,18,19). The summed E-state index contributed by atoms with van der Waals surface area (Å²) in [6.07, 6.45) is 1.69. The topological polar surface area (TPSA) is 37.8 Å². The van der Waals surface area contributed by atoms with Gasteiger partial charge in [-0.15, -0.1) is 0 Å². The largest absolute Gasteiger partial charge is 0.381 e. The Bertz CT molecular complexity index is 756. The molecule has 100 valence electrons. The summed E-state index contributed by atoms with van der Waals surface area (Å²) in [5, 5.41) is 4.98. The van der Waals surface area contributed by atoms with Crippen LogP contribution < -0.4 is 5.32 Å². The summed E-state index contributed by atoms with van der Waals surface area (Å²) in [4.78, 5) is 8.46. The molecule has 0 aliphatic rings. The first-order chi connectivity index (χ1) is 9.70. The minimum absolute atomic E-state index is 0.494. The van der Waals surface area contributed by atoms with Gasteiger partial charge in [0.1, 0.15) is 5.15 Å². The van der Waals surface area contributed by atoms with E-state index in [1.165, 1.54) is 5.56 Å². The van der Waals surface area contributed by atoms with Crippen LogP contribution in [-0.4, -0.2) is 9.97 Å². The predicted molar refractivity (Wildman–Crippen MR) is 83.1 cm³/mol. The van der Waals surface area contributed by atoms with Crippen molar-refractivity contribution < 1.29 is 0 Å². The maximum Gasteiger partial charge on any atom is 0.131 e. The number of hydrogen-bond donors (Lipinski definition) is 1. The minimum Gasteiger partial charge on any atom is -0.381 e. The number of halogens is 1. The van der Waals surface area contributed by atoms with Crippen molar-refractivity contribution >= 4 is 28.2 Å². The van der Waals surface area contributed by atoms with Crippen LogP contribution in [0.25, 0.3) is 10.9 Å². The first-order valence-electron chi connectivity index (χ1n) is 6.42. The predicted octanol–water partition coefficient (Wildman–Crippen LogP) is 4.20. The molecule has 0 unspecified atom stereocenters. The normalized spacial score (nSPS) is 10.7. The fraction of sp³-hybridized carbons (Fsp3) is 0.125. The Hall–Kier alpha value is -2.13. The molecule has 3 rings (SSSR count). The molecule has 20 heavy (non-hydrogen) atoms. The number of nitrogens with one attached hydrogen (secondary N) is 1. The van der Waals surface area contributed by atoms with Crippen LogP contribution in [0.5, 0.6) is 0 Å². The van der Waals surface area contributed by atoms with Gasteiger partial charge in [0.05, 0.1) is 5.52 Å². The first kappa shape index (κ1) is 12.9. The maximum atomic E-state index is 5.86. The lowest BCUT2D eigenvalue weighted by molar-refractivity contribution is 1.14. The Morgan fingerprint density at radius 1 is 1.10 bits per heavy atom. The Balaban J connectivity index is 1.79. The van der Waals surface area contributed by atoms with Crippen molar-refractivity contribution in [1.29, 1.82) is 0 Å². The average molecular weight is 284 g/mol. The van der Waals surface area contributed by atoms with E-state index in [2.05, 4.69) is 39.6 Å². The second-order valence-corrected chi connectivity index (χ2v) is 5.09. The van der Waals surface area contributed by atoms with Crippen LogP contribution in [0.1, 0.15) is 11.3 Å². The van der Waals surface area contributed by atoms with E-state index in [4.69, 9.17) is 11.6 Å². The number of anilines is 1. The lowest BCUT2D eigenvalue weighted by Crippen LogP contribution is -1.99. The molecule has 3 aromatic rings. The van der Waals surface area contributed by atoms with Gasteiger partial charge in [0.2, 0.25) is 0 Å². The van der Waals surface area contributed by atoms with Gasteiger partial charge in [-0.05, 0) is 42.8 Å². The van der Waals surface area contributed by atoms with Crippen molar-refractivity contribution in [2.45, 2.75) is 13.5 Å². The summed E-state index contributed by atoms with van der Waals surface area (Å²) in [6.45, 7) is 2.74. The van der Waals surface area contributed by atoms with E-state index in [1.54, 1.807) is 6.20 Å². The molecular formula is C16H14ClN3. The van der Waals surface area contributed by atoms with Crippen LogP contribution in [-0.2, 0) is 6.54 Å². The van der Waals surface area contributed by atoms with Crippen molar-refractivity contribution in [1.82, 2.24) is 9.97 Å². The van der Waals surface area contributed by atoms with E-state index in [-0.39, 0.29) is 0 Å². The highest BCUT2D eigenvalue weighted by atomic mass is 35.5. The second-order valence-electron chi connectivity index (χ2n) is 4.70. The van der Waals surface area contributed by atoms with Crippen LogP contribution in [0, 0.1) is 6.92 Å². The van der Waals surface area contributed by atoms with Gasteiger partial charge in [0, 0.05) is 29.5 Å². The van der Waals surface area contributed by atoms with Gasteiger partial charge in [-0.1, -0.05) is 23.7 Å². The minimum atomic E-state index is 0.494. The van der Waals surface area contributed by atoms with Crippen LogP contribution >= 0.6 is 11.6 Å². The molecule has 0 spiro atoms. The van der Waals surface area contributed by atoms with E-state index in [9.17, 15) is 0 Å². The monoisotopic (exact) mass is 283 g/mol. The molecule has 0 saturated heterocycles. The molecule has 1 N–H and O–H groups in total. The Morgan fingerprint density at radius 3 is 2.85 bits per heavy atom. The van der Waals surface area contributed by atoms with Crippen LogP contribution in [0.4, 0.5) is 5.69 Å². The molecule has 0 aliphatic heterocycles. The van der Waals surface area contributed by atoms with E-state index in [0.717, 1.165) is 28.8 Å². The molecule has 2 heterocycles. The number of rotatable bonds is 3. The number of pyridine rings is 2. The summed E-state index contributed by atoms with van der Waals surface area (Å²) >= 11 is 5.86. The number of benzene rings is 1. The summed E-state index contributed by atoms with van der Waals surface area (Å²) in [5.74, 6) is 0. The fourth-order valence-corrected chi connectivity index (χ4v) is 2.28. The van der Waals surface area contributed by atoms with Gasteiger partial charge in [0.15, 0.2) is 0 Å². The maximum absolute atomic E-state index is 5.86. The molecule has 0 radical (unpaired) electrons. The second kappa shape index (κ2) is 5.47. The van der Waals surface area contributed by atoms with Gasteiger partial charge in [0.25, 0.3) is 0 Å². The van der Waals surface area contributed by atoms with Gasteiger partial charge in [-0.3, -0.25) is 4.98 Å². The molecule has 1 aromatic carbocycles.